The van der Waals surface area contributed by atoms with E-state index in [-0.39, 0.29) is 23.6 Å². The van der Waals surface area contributed by atoms with Gasteiger partial charge >= 0.3 is 0 Å². The van der Waals surface area contributed by atoms with Crippen LogP contribution in [0.25, 0.3) is 11.0 Å². The van der Waals surface area contributed by atoms with Crippen molar-refractivity contribution in [3.8, 4) is 0 Å². The molecular weight excluding hydrogens is 341 g/mol. The lowest BCUT2D eigenvalue weighted by Crippen LogP contribution is -2.39. The quantitative estimate of drug-likeness (QED) is 0.758. The minimum absolute atomic E-state index is 0.0678. The highest BCUT2D eigenvalue weighted by Crippen LogP contribution is 2.48. The third-order valence-electron chi connectivity index (χ3n) is 6.01. The average molecular weight is 363 g/mol. The Hall–Kier alpha value is -2.69. The lowest BCUT2D eigenvalue weighted by molar-refractivity contribution is -0.133. The SMILES string of the molecule is O=C(C1CC1c1ccc(F)cc1)N1CCC(c2nc3ccccc3[nH]2)CC1. The van der Waals surface area contributed by atoms with Gasteiger partial charge in [-0.3, -0.25) is 4.79 Å². The van der Waals surface area contributed by atoms with Crippen molar-refractivity contribution < 1.29 is 9.18 Å². The van der Waals surface area contributed by atoms with Gasteiger partial charge < -0.3 is 9.88 Å². The molecule has 1 saturated heterocycles. The number of nitrogens with zero attached hydrogens (tertiary/aromatic N) is 2. The van der Waals surface area contributed by atoms with E-state index in [1.54, 1.807) is 12.1 Å². The molecule has 2 heterocycles. The van der Waals surface area contributed by atoms with Gasteiger partial charge in [-0.1, -0.05) is 24.3 Å². The molecule has 1 aromatic heterocycles. The molecule has 2 aromatic carbocycles. The minimum atomic E-state index is -0.227. The van der Waals surface area contributed by atoms with Crippen molar-refractivity contribution in [3.05, 3.63) is 65.7 Å². The van der Waals surface area contributed by atoms with Crippen molar-refractivity contribution in [1.82, 2.24) is 14.9 Å². The third-order valence-corrected chi connectivity index (χ3v) is 6.01. The molecule has 3 aromatic rings. The fraction of sp³-hybridized carbons (Fsp3) is 0.364. The number of amides is 1. The van der Waals surface area contributed by atoms with E-state index in [0.29, 0.717) is 5.92 Å². The molecule has 1 saturated carbocycles. The molecule has 2 fully saturated rings. The maximum Gasteiger partial charge on any atom is 0.226 e. The van der Waals surface area contributed by atoms with Gasteiger partial charge in [0.15, 0.2) is 0 Å². The van der Waals surface area contributed by atoms with Gasteiger partial charge in [0.1, 0.15) is 11.6 Å². The zero-order valence-corrected chi connectivity index (χ0v) is 15.1. The van der Waals surface area contributed by atoms with Crippen LogP contribution in [0.4, 0.5) is 4.39 Å². The van der Waals surface area contributed by atoms with Crippen molar-refractivity contribution >= 4 is 16.9 Å². The van der Waals surface area contributed by atoms with E-state index in [9.17, 15) is 9.18 Å². The Morgan fingerprint density at radius 3 is 2.56 bits per heavy atom. The molecular formula is C22H22FN3O. The number of hydrogen-bond donors (Lipinski definition) is 1. The van der Waals surface area contributed by atoms with E-state index in [4.69, 9.17) is 4.98 Å². The molecule has 2 atom stereocenters. The summed E-state index contributed by atoms with van der Waals surface area (Å²) >= 11 is 0. The van der Waals surface area contributed by atoms with Crippen LogP contribution in [0, 0.1) is 11.7 Å². The number of hydrogen-bond acceptors (Lipinski definition) is 2. The number of aromatic amines is 1. The Morgan fingerprint density at radius 1 is 1.07 bits per heavy atom. The summed E-state index contributed by atoms with van der Waals surface area (Å²) in [4.78, 5) is 23.0. The summed E-state index contributed by atoms with van der Waals surface area (Å²) in [6.07, 6.45) is 2.77. The largest absolute Gasteiger partial charge is 0.342 e. The molecule has 27 heavy (non-hydrogen) atoms. The van der Waals surface area contributed by atoms with E-state index < -0.39 is 0 Å². The number of aromatic nitrogens is 2. The van der Waals surface area contributed by atoms with Gasteiger partial charge in [-0.25, -0.2) is 9.37 Å². The molecule has 5 heteroatoms. The van der Waals surface area contributed by atoms with Crippen LogP contribution < -0.4 is 0 Å². The van der Waals surface area contributed by atoms with Crippen molar-refractivity contribution in [2.24, 2.45) is 5.92 Å². The highest BCUT2D eigenvalue weighted by atomic mass is 19.1. The van der Waals surface area contributed by atoms with Crippen molar-refractivity contribution in [2.45, 2.75) is 31.1 Å². The van der Waals surface area contributed by atoms with Gasteiger partial charge in [-0.15, -0.1) is 0 Å². The minimum Gasteiger partial charge on any atom is -0.342 e. The van der Waals surface area contributed by atoms with E-state index in [1.165, 1.54) is 12.1 Å². The van der Waals surface area contributed by atoms with Gasteiger partial charge in [0, 0.05) is 24.9 Å². The van der Waals surface area contributed by atoms with E-state index >= 15 is 0 Å². The smallest absolute Gasteiger partial charge is 0.226 e. The van der Waals surface area contributed by atoms with Gasteiger partial charge in [-0.05, 0) is 55.0 Å². The number of likely N-dealkylation sites (tertiary alicyclic amines) is 1. The van der Waals surface area contributed by atoms with Crippen LogP contribution in [0.2, 0.25) is 0 Å². The number of para-hydroxylation sites is 2. The first-order valence-electron chi connectivity index (χ1n) is 9.68. The molecule has 2 unspecified atom stereocenters. The fourth-order valence-corrected chi connectivity index (χ4v) is 4.32. The number of carbonyl (C=O) groups excluding carboxylic acids is 1. The monoisotopic (exact) mass is 363 g/mol. The van der Waals surface area contributed by atoms with Crippen molar-refractivity contribution in [3.63, 3.8) is 0 Å². The molecule has 1 aliphatic heterocycles. The first-order valence-corrected chi connectivity index (χ1v) is 9.68. The maximum absolute atomic E-state index is 13.1. The summed E-state index contributed by atoms with van der Waals surface area (Å²) in [7, 11) is 0. The van der Waals surface area contributed by atoms with Crippen LogP contribution in [0.3, 0.4) is 0 Å². The summed E-state index contributed by atoms with van der Waals surface area (Å²) in [6, 6.07) is 14.7. The normalized spacial score (nSPS) is 22.9. The second-order valence-electron chi connectivity index (χ2n) is 7.74. The number of fused-ring (bicyclic) bond motifs is 1. The summed E-state index contributed by atoms with van der Waals surface area (Å²) in [5.74, 6) is 1.78. The van der Waals surface area contributed by atoms with Gasteiger partial charge in [-0.2, -0.15) is 0 Å². The Balaban J connectivity index is 1.20. The van der Waals surface area contributed by atoms with Crippen LogP contribution in [-0.4, -0.2) is 33.9 Å². The average Bonchev–Trinajstić information content (AvgIpc) is 3.38. The number of rotatable bonds is 3. The highest BCUT2D eigenvalue weighted by Gasteiger charge is 2.46. The van der Waals surface area contributed by atoms with Crippen molar-refractivity contribution in [2.75, 3.05) is 13.1 Å². The Kier molecular flexibility index (Phi) is 3.96. The Morgan fingerprint density at radius 2 is 1.81 bits per heavy atom. The Bertz CT molecular complexity index is 940. The number of benzene rings is 2. The first-order chi connectivity index (χ1) is 13.2. The zero-order chi connectivity index (χ0) is 18.4. The van der Waals surface area contributed by atoms with Crippen molar-refractivity contribution in [1.29, 1.82) is 0 Å². The predicted octanol–water partition coefficient (Wildman–Crippen LogP) is 4.21. The molecule has 5 rings (SSSR count). The van der Waals surface area contributed by atoms with Crippen LogP contribution in [0.15, 0.2) is 48.5 Å². The lowest BCUT2D eigenvalue weighted by atomic mass is 9.95. The molecule has 138 valence electrons. The topological polar surface area (TPSA) is 49.0 Å². The molecule has 2 aliphatic rings. The third kappa shape index (κ3) is 3.11. The number of nitrogens with one attached hydrogen (secondary N) is 1. The molecule has 1 amide bonds. The molecule has 1 aliphatic carbocycles. The highest BCUT2D eigenvalue weighted by molar-refractivity contribution is 5.83. The predicted molar refractivity (Wildman–Crippen MR) is 102 cm³/mol. The standard InChI is InChI=1S/C22H22FN3O/c23-16-7-5-14(6-8-16)17-13-18(17)22(27)26-11-9-15(10-12-26)21-24-19-3-1-2-4-20(19)25-21/h1-8,15,17-18H,9-13H2,(H,24,25). The van der Waals surface area contributed by atoms with Gasteiger partial charge in [0.25, 0.3) is 0 Å². The fourth-order valence-electron chi connectivity index (χ4n) is 4.32. The number of H-pyrrole nitrogens is 1. The van der Waals surface area contributed by atoms with Crippen LogP contribution >= 0.6 is 0 Å². The second kappa shape index (κ2) is 6.48. The number of imidazole rings is 1. The van der Waals surface area contributed by atoms with Gasteiger partial charge in [0.2, 0.25) is 5.91 Å². The summed E-state index contributed by atoms with van der Waals surface area (Å²) in [5, 5.41) is 0. The van der Waals surface area contributed by atoms with Gasteiger partial charge in [0.05, 0.1) is 11.0 Å². The molecule has 0 bridgehead atoms. The molecule has 0 radical (unpaired) electrons. The van der Waals surface area contributed by atoms with E-state index in [0.717, 1.165) is 54.8 Å². The lowest BCUT2D eigenvalue weighted by Gasteiger charge is -2.31. The summed E-state index contributed by atoms with van der Waals surface area (Å²) in [5.41, 5.74) is 3.16. The van der Waals surface area contributed by atoms with Crippen LogP contribution in [0.5, 0.6) is 0 Å². The number of halogens is 1. The van der Waals surface area contributed by atoms with Crippen LogP contribution in [-0.2, 0) is 4.79 Å². The van der Waals surface area contributed by atoms with E-state index in [2.05, 4.69) is 4.98 Å². The number of piperidine rings is 1. The first kappa shape index (κ1) is 16.5. The number of carbonyl (C=O) groups is 1. The Labute approximate surface area is 157 Å². The maximum atomic E-state index is 13.1. The summed E-state index contributed by atoms with van der Waals surface area (Å²) in [6.45, 7) is 1.57. The van der Waals surface area contributed by atoms with Crippen LogP contribution in [0.1, 0.15) is 42.5 Å². The second-order valence-corrected chi connectivity index (χ2v) is 7.74. The molecule has 0 spiro atoms. The summed E-state index contributed by atoms with van der Waals surface area (Å²) < 4.78 is 13.1. The molecule has 4 nitrogen and oxygen atoms in total. The zero-order valence-electron chi connectivity index (χ0n) is 15.1. The van der Waals surface area contributed by atoms with E-state index in [1.807, 2.05) is 29.2 Å². The molecule has 1 N–H and O–H groups in total.